The SMILES string of the molecule is CC(C)(C)OC(=O)N1C[C@H](OS(C)(=O)=O)CC[C@H]1CC1(O)CCOCC1. The predicted octanol–water partition coefficient (Wildman–Crippen LogP) is 1.66. The van der Waals surface area contributed by atoms with Gasteiger partial charge in [0.2, 0.25) is 0 Å². The van der Waals surface area contributed by atoms with Crippen LogP contribution in [0.25, 0.3) is 0 Å². The Morgan fingerprint density at radius 2 is 1.88 bits per heavy atom. The minimum atomic E-state index is -3.61. The number of likely N-dealkylation sites (tertiary alicyclic amines) is 1. The van der Waals surface area contributed by atoms with Crippen LogP contribution in [0.2, 0.25) is 0 Å². The quantitative estimate of drug-likeness (QED) is 0.725. The van der Waals surface area contributed by atoms with Gasteiger partial charge >= 0.3 is 6.09 Å². The molecule has 2 saturated heterocycles. The van der Waals surface area contributed by atoms with E-state index in [0.29, 0.717) is 45.3 Å². The lowest BCUT2D eigenvalue weighted by Crippen LogP contribution is -2.54. The van der Waals surface area contributed by atoms with Crippen molar-refractivity contribution in [3.05, 3.63) is 0 Å². The number of amides is 1. The van der Waals surface area contributed by atoms with Crippen LogP contribution < -0.4 is 0 Å². The minimum Gasteiger partial charge on any atom is -0.444 e. The lowest BCUT2D eigenvalue weighted by atomic mass is 9.84. The standard InChI is InChI=1S/C17H31NO7S/c1-16(2,3)24-15(19)18-12-14(25-26(4,21)22)6-5-13(18)11-17(20)7-9-23-10-8-17/h13-14,20H,5-12H2,1-4H3/t13-,14+/m0/s1. The predicted molar refractivity (Wildman–Crippen MR) is 95.3 cm³/mol. The van der Waals surface area contributed by atoms with Gasteiger partial charge in [-0.2, -0.15) is 8.42 Å². The van der Waals surface area contributed by atoms with Gasteiger partial charge in [0.25, 0.3) is 10.1 Å². The van der Waals surface area contributed by atoms with Gasteiger partial charge in [-0.15, -0.1) is 0 Å². The third kappa shape index (κ3) is 6.68. The average molecular weight is 394 g/mol. The van der Waals surface area contributed by atoms with Crippen molar-refractivity contribution in [3.63, 3.8) is 0 Å². The Kier molecular flexibility index (Phi) is 6.58. The van der Waals surface area contributed by atoms with Crippen LogP contribution in [-0.2, 0) is 23.8 Å². The van der Waals surface area contributed by atoms with Crippen LogP contribution in [0.1, 0.15) is 52.9 Å². The number of aliphatic hydroxyl groups is 1. The number of ether oxygens (including phenoxy) is 2. The van der Waals surface area contributed by atoms with Gasteiger partial charge in [-0.25, -0.2) is 4.79 Å². The molecule has 0 aromatic rings. The van der Waals surface area contributed by atoms with Crippen molar-refractivity contribution in [2.24, 2.45) is 0 Å². The molecule has 0 saturated carbocycles. The molecule has 1 N–H and O–H groups in total. The zero-order valence-electron chi connectivity index (χ0n) is 16.1. The average Bonchev–Trinajstić information content (AvgIpc) is 2.46. The zero-order valence-corrected chi connectivity index (χ0v) is 16.9. The van der Waals surface area contributed by atoms with Gasteiger partial charge < -0.3 is 19.5 Å². The number of hydrogen-bond acceptors (Lipinski definition) is 7. The lowest BCUT2D eigenvalue weighted by molar-refractivity contribution is -0.0880. The maximum absolute atomic E-state index is 12.7. The fourth-order valence-electron chi connectivity index (χ4n) is 3.47. The van der Waals surface area contributed by atoms with Crippen molar-refractivity contribution in [3.8, 4) is 0 Å². The van der Waals surface area contributed by atoms with Gasteiger partial charge in [0.1, 0.15) is 5.60 Å². The van der Waals surface area contributed by atoms with Gasteiger partial charge in [0.15, 0.2) is 0 Å². The Labute approximate surface area is 155 Å². The van der Waals surface area contributed by atoms with Crippen molar-refractivity contribution in [2.75, 3.05) is 26.0 Å². The topological polar surface area (TPSA) is 102 Å². The van der Waals surface area contributed by atoms with Crippen LogP contribution in [0.4, 0.5) is 4.79 Å². The second-order valence-corrected chi connectivity index (χ2v) is 9.93. The van der Waals surface area contributed by atoms with Crippen molar-refractivity contribution in [2.45, 2.75) is 76.2 Å². The molecule has 0 unspecified atom stereocenters. The minimum absolute atomic E-state index is 0.124. The molecule has 0 aromatic heterocycles. The molecule has 2 heterocycles. The summed E-state index contributed by atoms with van der Waals surface area (Å²) in [5, 5.41) is 10.8. The van der Waals surface area contributed by atoms with Crippen molar-refractivity contribution in [1.29, 1.82) is 0 Å². The number of rotatable bonds is 4. The first-order valence-electron chi connectivity index (χ1n) is 9.05. The van der Waals surface area contributed by atoms with E-state index in [9.17, 15) is 18.3 Å². The Balaban J connectivity index is 2.12. The first-order valence-corrected chi connectivity index (χ1v) is 10.9. The highest BCUT2D eigenvalue weighted by molar-refractivity contribution is 7.86. The van der Waals surface area contributed by atoms with E-state index in [-0.39, 0.29) is 12.6 Å². The summed E-state index contributed by atoms with van der Waals surface area (Å²) in [6.45, 7) is 6.45. The van der Waals surface area contributed by atoms with Crippen LogP contribution in [0, 0.1) is 0 Å². The highest BCUT2D eigenvalue weighted by Crippen LogP contribution is 2.33. The molecule has 0 aliphatic carbocycles. The van der Waals surface area contributed by atoms with Crippen molar-refractivity contribution < 1.29 is 32.0 Å². The number of carbonyl (C=O) groups is 1. The molecule has 26 heavy (non-hydrogen) atoms. The van der Waals surface area contributed by atoms with Crippen LogP contribution >= 0.6 is 0 Å². The summed E-state index contributed by atoms with van der Waals surface area (Å²) in [5.74, 6) is 0. The molecule has 0 spiro atoms. The van der Waals surface area contributed by atoms with E-state index in [1.807, 2.05) is 0 Å². The van der Waals surface area contributed by atoms with E-state index >= 15 is 0 Å². The van der Waals surface area contributed by atoms with Crippen molar-refractivity contribution in [1.82, 2.24) is 4.90 Å². The molecule has 9 heteroatoms. The number of nitrogens with zero attached hydrogens (tertiary/aromatic N) is 1. The normalized spacial score (nSPS) is 27.2. The van der Waals surface area contributed by atoms with E-state index in [2.05, 4.69) is 0 Å². The highest BCUT2D eigenvalue weighted by atomic mass is 32.2. The number of hydrogen-bond donors (Lipinski definition) is 1. The smallest absolute Gasteiger partial charge is 0.410 e. The summed E-state index contributed by atoms with van der Waals surface area (Å²) in [6.07, 6.45) is 2.40. The Hall–Kier alpha value is -0.900. The summed E-state index contributed by atoms with van der Waals surface area (Å²) in [5.41, 5.74) is -1.55. The van der Waals surface area contributed by atoms with Gasteiger partial charge in [-0.3, -0.25) is 4.18 Å². The molecule has 0 radical (unpaired) electrons. The first kappa shape index (κ1) is 21.4. The van der Waals surface area contributed by atoms with E-state index in [1.165, 1.54) is 4.90 Å². The van der Waals surface area contributed by atoms with E-state index < -0.39 is 33.5 Å². The molecule has 152 valence electrons. The Morgan fingerprint density at radius 1 is 1.27 bits per heavy atom. The molecule has 8 nitrogen and oxygen atoms in total. The van der Waals surface area contributed by atoms with Crippen LogP contribution in [-0.4, -0.2) is 73.9 Å². The van der Waals surface area contributed by atoms with Gasteiger partial charge in [0, 0.05) is 19.3 Å². The Morgan fingerprint density at radius 3 is 2.42 bits per heavy atom. The van der Waals surface area contributed by atoms with E-state index in [4.69, 9.17) is 13.7 Å². The monoisotopic (exact) mass is 393 g/mol. The summed E-state index contributed by atoms with van der Waals surface area (Å²) < 4.78 is 38.8. The van der Waals surface area contributed by atoms with Crippen LogP contribution in [0.5, 0.6) is 0 Å². The lowest BCUT2D eigenvalue weighted by Gasteiger charge is -2.43. The zero-order chi connectivity index (χ0) is 19.6. The molecular weight excluding hydrogens is 362 g/mol. The molecule has 2 fully saturated rings. The number of piperidine rings is 1. The molecule has 2 aliphatic heterocycles. The molecular formula is C17H31NO7S. The van der Waals surface area contributed by atoms with Crippen molar-refractivity contribution >= 4 is 16.2 Å². The molecule has 0 bridgehead atoms. The number of carbonyl (C=O) groups excluding carboxylic acids is 1. The fourth-order valence-corrected chi connectivity index (χ4v) is 4.12. The van der Waals surface area contributed by atoms with Gasteiger partial charge in [0.05, 0.1) is 24.5 Å². The van der Waals surface area contributed by atoms with Gasteiger partial charge in [-0.1, -0.05) is 0 Å². The van der Waals surface area contributed by atoms with E-state index in [0.717, 1.165) is 6.26 Å². The summed E-state index contributed by atoms with van der Waals surface area (Å²) in [7, 11) is -3.61. The largest absolute Gasteiger partial charge is 0.444 e. The van der Waals surface area contributed by atoms with Gasteiger partial charge in [-0.05, 0) is 52.9 Å². The van der Waals surface area contributed by atoms with Crippen LogP contribution in [0.15, 0.2) is 0 Å². The summed E-state index contributed by atoms with van der Waals surface area (Å²) in [4.78, 5) is 14.2. The Bertz CT molecular complexity index is 593. The molecule has 2 atom stereocenters. The first-order chi connectivity index (χ1) is 11.9. The molecule has 2 rings (SSSR count). The molecule has 2 aliphatic rings. The summed E-state index contributed by atoms with van der Waals surface area (Å²) in [6, 6.07) is -0.229. The van der Waals surface area contributed by atoms with E-state index in [1.54, 1.807) is 20.8 Å². The molecule has 1 amide bonds. The summed E-state index contributed by atoms with van der Waals surface area (Å²) >= 11 is 0. The third-order valence-corrected chi connectivity index (χ3v) is 5.26. The second kappa shape index (κ2) is 8.00. The highest BCUT2D eigenvalue weighted by Gasteiger charge is 2.41. The second-order valence-electron chi connectivity index (χ2n) is 8.33. The maximum Gasteiger partial charge on any atom is 0.410 e. The third-order valence-electron chi connectivity index (χ3n) is 4.64. The molecule has 0 aromatic carbocycles. The van der Waals surface area contributed by atoms with Crippen LogP contribution in [0.3, 0.4) is 0 Å². The fraction of sp³-hybridized carbons (Fsp3) is 0.941. The maximum atomic E-state index is 12.7.